The number of aromatic nitrogens is 6. The Morgan fingerprint density at radius 1 is 1.39 bits per heavy atom. The van der Waals surface area contributed by atoms with E-state index in [1.165, 1.54) is 4.52 Å². The van der Waals surface area contributed by atoms with Gasteiger partial charge >= 0.3 is 5.69 Å². The molecule has 1 fully saturated rings. The van der Waals surface area contributed by atoms with E-state index in [0.717, 1.165) is 12.8 Å². The monoisotopic (exact) mass is 386 g/mol. The summed E-state index contributed by atoms with van der Waals surface area (Å²) < 4.78 is 1.54. The Morgan fingerprint density at radius 2 is 2.18 bits per heavy atom. The van der Waals surface area contributed by atoms with E-state index in [4.69, 9.17) is 0 Å². The molecule has 0 atom stereocenters. The number of aromatic hydroxyl groups is 1. The summed E-state index contributed by atoms with van der Waals surface area (Å²) in [6, 6.07) is 0.238. The molecule has 0 radical (unpaired) electrons. The summed E-state index contributed by atoms with van der Waals surface area (Å²) in [4.78, 5) is 29.7. The van der Waals surface area contributed by atoms with Gasteiger partial charge in [-0.25, -0.2) is 9.79 Å². The first-order valence-electron chi connectivity index (χ1n) is 9.02. The van der Waals surface area contributed by atoms with Crippen LogP contribution in [0.15, 0.2) is 16.0 Å². The van der Waals surface area contributed by atoms with E-state index in [9.17, 15) is 15.0 Å². The van der Waals surface area contributed by atoms with E-state index in [0.29, 0.717) is 29.0 Å². The first-order chi connectivity index (χ1) is 13.3. The number of nitrogens with zero attached hydrogens (tertiary/aromatic N) is 5. The summed E-state index contributed by atoms with van der Waals surface area (Å²) in [5.41, 5.74) is 0.306. The average molecular weight is 386 g/mol. The van der Waals surface area contributed by atoms with Gasteiger partial charge in [0, 0.05) is 23.8 Å². The predicted octanol–water partition coefficient (Wildman–Crippen LogP) is -1.11. The summed E-state index contributed by atoms with van der Waals surface area (Å²) in [6.45, 7) is 4.35. The Bertz CT molecular complexity index is 1190. The molecule has 3 aromatic heterocycles. The number of aliphatic hydroxyl groups is 1. The molecule has 0 bridgehead atoms. The third-order valence-corrected chi connectivity index (χ3v) is 4.41. The predicted molar refractivity (Wildman–Crippen MR) is 101 cm³/mol. The van der Waals surface area contributed by atoms with Crippen molar-refractivity contribution in [1.82, 2.24) is 29.5 Å². The molecule has 0 unspecified atom stereocenters. The number of hydrogen-bond acceptors (Lipinski definition) is 8. The molecule has 1 saturated carbocycles. The van der Waals surface area contributed by atoms with Gasteiger partial charge in [-0.1, -0.05) is 13.8 Å². The highest BCUT2D eigenvalue weighted by molar-refractivity contribution is 5.57. The van der Waals surface area contributed by atoms with Crippen LogP contribution in [0.4, 0.5) is 5.95 Å². The van der Waals surface area contributed by atoms with Crippen LogP contribution in [0, 0.1) is 5.41 Å². The minimum atomic E-state index is -0.507. The zero-order chi connectivity index (χ0) is 19.9. The van der Waals surface area contributed by atoms with E-state index in [1.807, 2.05) is 13.8 Å². The lowest BCUT2D eigenvalue weighted by atomic mass is 9.95. The maximum atomic E-state index is 11.4. The molecule has 0 aromatic carbocycles. The Morgan fingerprint density at radius 3 is 2.82 bits per heavy atom. The Kier molecular flexibility index (Phi) is 4.38. The molecule has 0 saturated heterocycles. The average Bonchev–Trinajstić information content (AvgIpc) is 3.29. The van der Waals surface area contributed by atoms with Gasteiger partial charge < -0.3 is 20.5 Å². The summed E-state index contributed by atoms with van der Waals surface area (Å²) in [5, 5.41) is 27.3. The Hall–Kier alpha value is -3.21. The van der Waals surface area contributed by atoms with Crippen molar-refractivity contribution in [2.45, 2.75) is 32.7 Å². The van der Waals surface area contributed by atoms with Crippen LogP contribution in [0.5, 0.6) is 5.88 Å². The highest BCUT2D eigenvalue weighted by atomic mass is 16.3. The van der Waals surface area contributed by atoms with Crippen LogP contribution in [0.25, 0.3) is 11.7 Å². The molecule has 148 valence electrons. The van der Waals surface area contributed by atoms with E-state index >= 15 is 0 Å². The summed E-state index contributed by atoms with van der Waals surface area (Å²) in [5.74, 6) is 0.111. The number of H-pyrrole nitrogens is 2. The fourth-order valence-electron chi connectivity index (χ4n) is 2.53. The normalized spacial score (nSPS) is 16.2. The maximum absolute atomic E-state index is 11.4. The molecule has 3 heterocycles. The minimum Gasteiger partial charge on any atom is -0.493 e. The molecule has 5 N–H and O–H groups in total. The molecule has 28 heavy (non-hydrogen) atoms. The fourth-order valence-corrected chi connectivity index (χ4v) is 2.53. The van der Waals surface area contributed by atoms with Gasteiger partial charge in [-0.2, -0.15) is 19.6 Å². The van der Waals surface area contributed by atoms with Crippen molar-refractivity contribution in [1.29, 1.82) is 0 Å². The molecular weight excluding hydrogens is 364 g/mol. The SMILES string of the molecule is CC(C)(CO)CNc1nc(=NC2CC2)n2nc/c(=C\c3[nH]c(=O)[nH]c3O)c2n1. The van der Waals surface area contributed by atoms with Gasteiger partial charge in [0.05, 0.1) is 12.2 Å². The third-order valence-electron chi connectivity index (χ3n) is 4.41. The molecule has 11 heteroatoms. The smallest absolute Gasteiger partial charge is 0.326 e. The molecular formula is C17H22N8O3. The van der Waals surface area contributed by atoms with E-state index < -0.39 is 5.69 Å². The number of imidazole rings is 1. The second-order valence-electron chi connectivity index (χ2n) is 7.70. The summed E-state index contributed by atoms with van der Waals surface area (Å²) >= 11 is 0. The van der Waals surface area contributed by atoms with Gasteiger partial charge in [0.25, 0.3) is 5.62 Å². The van der Waals surface area contributed by atoms with Crippen molar-refractivity contribution in [2.24, 2.45) is 10.4 Å². The van der Waals surface area contributed by atoms with Crippen LogP contribution < -0.4 is 21.8 Å². The number of nitrogens with one attached hydrogen (secondary N) is 3. The van der Waals surface area contributed by atoms with E-state index in [1.54, 1.807) is 12.3 Å². The number of hydrogen-bond donors (Lipinski definition) is 5. The second-order valence-corrected chi connectivity index (χ2v) is 7.70. The molecule has 0 spiro atoms. The van der Waals surface area contributed by atoms with Crippen LogP contribution in [-0.2, 0) is 0 Å². The minimum absolute atomic E-state index is 0.0212. The Balaban J connectivity index is 1.83. The van der Waals surface area contributed by atoms with Gasteiger partial charge in [-0.15, -0.1) is 0 Å². The topological polar surface area (TPSA) is 157 Å². The van der Waals surface area contributed by atoms with Gasteiger partial charge in [-0.05, 0) is 18.9 Å². The van der Waals surface area contributed by atoms with Crippen LogP contribution in [0.3, 0.4) is 0 Å². The second kappa shape index (κ2) is 6.75. The number of fused-ring (bicyclic) bond motifs is 1. The standard InChI is InChI=1S/C17H22N8O3/c1-17(2,8-26)7-18-14-22-12-9(5-11-13(27)23-16(28)21-11)6-19-25(12)15(24-14)20-10-3-4-10/h5-6,10,26-27H,3-4,7-8H2,1-2H3,(H,18,20,24)(H2,21,23,28)/b9-5+. The highest BCUT2D eigenvalue weighted by Gasteiger charge is 2.21. The van der Waals surface area contributed by atoms with Gasteiger partial charge in [-0.3, -0.25) is 4.98 Å². The Labute approximate surface area is 158 Å². The van der Waals surface area contributed by atoms with Crippen molar-refractivity contribution in [3.63, 3.8) is 0 Å². The fraction of sp³-hybridized carbons (Fsp3) is 0.471. The molecule has 0 aliphatic heterocycles. The molecule has 4 rings (SSSR count). The zero-order valence-electron chi connectivity index (χ0n) is 15.6. The molecule has 11 nitrogen and oxygen atoms in total. The lowest BCUT2D eigenvalue weighted by Gasteiger charge is -2.21. The molecule has 1 aliphatic carbocycles. The number of aromatic amines is 2. The lowest BCUT2D eigenvalue weighted by molar-refractivity contribution is 0.170. The lowest BCUT2D eigenvalue weighted by Crippen LogP contribution is -2.30. The highest BCUT2D eigenvalue weighted by Crippen LogP contribution is 2.22. The zero-order valence-corrected chi connectivity index (χ0v) is 15.6. The van der Waals surface area contributed by atoms with Crippen molar-refractivity contribution in [2.75, 3.05) is 18.5 Å². The molecule has 0 amide bonds. The molecule has 3 aromatic rings. The number of anilines is 1. The van der Waals surface area contributed by atoms with Gasteiger partial charge in [0.2, 0.25) is 11.8 Å². The largest absolute Gasteiger partial charge is 0.493 e. The van der Waals surface area contributed by atoms with Crippen molar-refractivity contribution >= 4 is 17.7 Å². The van der Waals surface area contributed by atoms with Crippen molar-refractivity contribution in [3.05, 3.63) is 33.2 Å². The quantitative estimate of drug-likeness (QED) is 0.359. The first-order valence-corrected chi connectivity index (χ1v) is 9.02. The van der Waals surface area contributed by atoms with Crippen molar-refractivity contribution in [3.8, 4) is 5.88 Å². The van der Waals surface area contributed by atoms with Gasteiger partial charge in [0.15, 0.2) is 5.65 Å². The first kappa shape index (κ1) is 18.2. The van der Waals surface area contributed by atoms with Crippen LogP contribution in [0.1, 0.15) is 32.4 Å². The van der Waals surface area contributed by atoms with Crippen LogP contribution in [-0.4, -0.2) is 59.0 Å². The van der Waals surface area contributed by atoms with E-state index in [-0.39, 0.29) is 29.6 Å². The van der Waals surface area contributed by atoms with Crippen molar-refractivity contribution < 1.29 is 10.2 Å². The summed E-state index contributed by atoms with van der Waals surface area (Å²) in [7, 11) is 0. The van der Waals surface area contributed by atoms with Gasteiger partial charge in [0.1, 0.15) is 5.69 Å². The summed E-state index contributed by atoms with van der Waals surface area (Å²) in [6.07, 6.45) is 5.18. The van der Waals surface area contributed by atoms with E-state index in [2.05, 4.69) is 35.3 Å². The molecule has 1 aliphatic rings. The number of rotatable bonds is 6. The van der Waals surface area contributed by atoms with Crippen LogP contribution >= 0.6 is 0 Å². The number of aliphatic hydroxyl groups excluding tert-OH is 1. The van der Waals surface area contributed by atoms with Crippen LogP contribution in [0.2, 0.25) is 0 Å². The maximum Gasteiger partial charge on any atom is 0.326 e. The third kappa shape index (κ3) is 3.74.